The fourth-order valence-corrected chi connectivity index (χ4v) is 4.67. The van der Waals surface area contributed by atoms with Crippen LogP contribution >= 0.6 is 11.3 Å². The van der Waals surface area contributed by atoms with E-state index in [9.17, 15) is 14.4 Å². The van der Waals surface area contributed by atoms with Gasteiger partial charge in [-0.25, -0.2) is 0 Å². The summed E-state index contributed by atoms with van der Waals surface area (Å²) in [4.78, 5) is 38.4. The Morgan fingerprint density at radius 2 is 1.87 bits per heavy atom. The molecule has 1 aromatic heterocycles. The van der Waals surface area contributed by atoms with Gasteiger partial charge >= 0.3 is 0 Å². The highest BCUT2D eigenvalue weighted by molar-refractivity contribution is 7.10. The number of imide groups is 1. The first-order valence-electron chi connectivity index (χ1n) is 7.90. The molecule has 0 aliphatic carbocycles. The number of carbonyl (C=O) groups is 3. The van der Waals surface area contributed by atoms with Gasteiger partial charge in [-0.05, 0) is 24.8 Å². The van der Waals surface area contributed by atoms with E-state index in [-0.39, 0.29) is 24.0 Å². The highest BCUT2D eigenvalue weighted by Crippen LogP contribution is 2.48. The first kappa shape index (κ1) is 14.8. The Labute approximate surface area is 137 Å². The number of thiophene rings is 1. The zero-order valence-corrected chi connectivity index (χ0v) is 13.8. The van der Waals surface area contributed by atoms with Gasteiger partial charge in [-0.2, -0.15) is 5.01 Å². The van der Waals surface area contributed by atoms with Crippen molar-refractivity contribution in [3.63, 3.8) is 0 Å². The van der Waals surface area contributed by atoms with Crippen LogP contribution in [0.1, 0.15) is 47.8 Å². The summed E-state index contributed by atoms with van der Waals surface area (Å²) in [5.41, 5.74) is 2.97. The Bertz CT molecular complexity index is 670. The second-order valence-corrected chi connectivity index (χ2v) is 7.63. The normalized spacial score (nSPS) is 32.0. The number of hydrogen-bond acceptors (Lipinski definition) is 5. The first-order valence-corrected chi connectivity index (χ1v) is 8.78. The van der Waals surface area contributed by atoms with Gasteiger partial charge < -0.3 is 4.74 Å². The molecule has 0 spiro atoms. The lowest BCUT2D eigenvalue weighted by Gasteiger charge is -2.17. The molecule has 122 valence electrons. The maximum absolute atomic E-state index is 12.5. The maximum Gasteiger partial charge on any atom is 0.271 e. The molecule has 1 aromatic rings. The van der Waals surface area contributed by atoms with Crippen LogP contribution < -0.4 is 5.43 Å². The summed E-state index contributed by atoms with van der Waals surface area (Å²) in [6, 6.07) is 1.81. The Balaban J connectivity index is 1.51. The molecule has 3 aliphatic heterocycles. The van der Waals surface area contributed by atoms with Crippen LogP contribution in [0.5, 0.6) is 0 Å². The summed E-state index contributed by atoms with van der Waals surface area (Å²) < 4.78 is 5.67. The number of hydrogen-bond donors (Lipinski definition) is 1. The molecule has 0 radical (unpaired) electrons. The van der Waals surface area contributed by atoms with E-state index in [1.165, 1.54) is 11.3 Å². The average molecular weight is 334 g/mol. The number of carbonyl (C=O) groups excluding carboxylic acids is 3. The molecule has 3 aliphatic rings. The van der Waals surface area contributed by atoms with E-state index in [1.807, 2.05) is 6.07 Å². The highest BCUT2D eigenvalue weighted by Gasteiger charge is 2.62. The summed E-state index contributed by atoms with van der Waals surface area (Å²) in [5, 5.41) is 2.67. The third-order valence-electron chi connectivity index (χ3n) is 4.95. The van der Waals surface area contributed by atoms with Crippen LogP contribution in [0.15, 0.2) is 11.4 Å². The van der Waals surface area contributed by atoms with Crippen molar-refractivity contribution in [2.75, 3.05) is 0 Å². The lowest BCUT2D eigenvalue weighted by molar-refractivity contribution is -0.145. The molecule has 7 heteroatoms. The van der Waals surface area contributed by atoms with E-state index < -0.39 is 17.7 Å². The lowest BCUT2D eigenvalue weighted by Crippen LogP contribution is -2.47. The molecule has 3 saturated heterocycles. The summed E-state index contributed by atoms with van der Waals surface area (Å²) in [5.74, 6) is -1.59. The van der Waals surface area contributed by atoms with E-state index in [0.717, 1.165) is 22.7 Å². The molecule has 4 heterocycles. The number of nitrogens with one attached hydrogen (secondary N) is 1. The summed E-state index contributed by atoms with van der Waals surface area (Å²) in [7, 11) is 0. The Kier molecular flexibility index (Phi) is 3.32. The average Bonchev–Trinajstić information content (AvgIpc) is 3.26. The molecular weight excluding hydrogens is 316 g/mol. The maximum atomic E-state index is 12.5. The Morgan fingerprint density at radius 3 is 2.39 bits per heavy atom. The van der Waals surface area contributed by atoms with Crippen molar-refractivity contribution in [3.8, 4) is 0 Å². The number of nitrogens with zero attached hydrogens (tertiary/aromatic N) is 1. The number of hydrazine groups is 1. The molecule has 0 aromatic carbocycles. The second kappa shape index (κ2) is 5.14. The topological polar surface area (TPSA) is 75.7 Å². The van der Waals surface area contributed by atoms with Crippen LogP contribution in [-0.4, -0.2) is 34.9 Å². The van der Waals surface area contributed by atoms with Crippen molar-refractivity contribution in [2.24, 2.45) is 11.8 Å². The lowest BCUT2D eigenvalue weighted by atomic mass is 9.81. The minimum Gasteiger partial charge on any atom is -0.373 e. The van der Waals surface area contributed by atoms with Gasteiger partial charge in [0.1, 0.15) is 0 Å². The molecule has 3 amide bonds. The summed E-state index contributed by atoms with van der Waals surface area (Å²) in [6.45, 7) is 4.11. The zero-order chi connectivity index (χ0) is 16.3. The van der Waals surface area contributed by atoms with Gasteiger partial charge in [-0.3, -0.25) is 19.8 Å². The van der Waals surface area contributed by atoms with Gasteiger partial charge in [0.05, 0.1) is 29.6 Å². The van der Waals surface area contributed by atoms with Crippen molar-refractivity contribution in [1.29, 1.82) is 0 Å². The van der Waals surface area contributed by atoms with E-state index in [0.29, 0.717) is 11.5 Å². The SMILES string of the molecule is CC(C)c1cc(C(=O)NN2C(=O)[C@@H]3[C@H](C2=O)[C@@H]2CC[C@@H]3O2)cs1. The molecular formula is C16H18N2O4S. The van der Waals surface area contributed by atoms with Crippen molar-refractivity contribution in [2.45, 2.75) is 44.8 Å². The quantitative estimate of drug-likeness (QED) is 0.853. The minimum atomic E-state index is -0.421. The fourth-order valence-electron chi connectivity index (χ4n) is 3.76. The monoisotopic (exact) mass is 334 g/mol. The Morgan fingerprint density at radius 1 is 1.26 bits per heavy atom. The predicted octanol–water partition coefficient (Wildman–Crippen LogP) is 1.68. The van der Waals surface area contributed by atoms with Crippen molar-refractivity contribution >= 4 is 29.1 Å². The predicted molar refractivity (Wildman–Crippen MR) is 82.6 cm³/mol. The fraction of sp³-hybridized carbons (Fsp3) is 0.562. The third-order valence-corrected chi connectivity index (χ3v) is 6.18. The smallest absolute Gasteiger partial charge is 0.271 e. The van der Waals surface area contributed by atoms with E-state index >= 15 is 0 Å². The van der Waals surface area contributed by atoms with Gasteiger partial charge in [0, 0.05) is 10.3 Å². The number of ether oxygens (including phenoxy) is 1. The van der Waals surface area contributed by atoms with Gasteiger partial charge in [0.25, 0.3) is 17.7 Å². The molecule has 3 fully saturated rings. The van der Waals surface area contributed by atoms with Gasteiger partial charge in [-0.15, -0.1) is 11.3 Å². The van der Waals surface area contributed by atoms with Crippen molar-refractivity contribution < 1.29 is 19.1 Å². The second-order valence-electron chi connectivity index (χ2n) is 6.69. The summed E-state index contributed by atoms with van der Waals surface area (Å²) in [6.07, 6.45) is 1.29. The number of rotatable bonds is 3. The molecule has 6 nitrogen and oxygen atoms in total. The molecule has 23 heavy (non-hydrogen) atoms. The molecule has 0 unspecified atom stereocenters. The molecule has 1 N–H and O–H groups in total. The largest absolute Gasteiger partial charge is 0.373 e. The zero-order valence-electron chi connectivity index (χ0n) is 12.9. The standard InChI is InChI=1S/C16H18N2O4S/c1-7(2)11-5-8(6-23-11)14(19)17-18-15(20)12-9-3-4-10(22-9)13(12)16(18)21/h5-7,9-10,12-13H,3-4H2,1-2H3,(H,17,19)/t9-,10-,12-,13+/m0/s1. The molecule has 0 saturated carbocycles. The van der Waals surface area contributed by atoms with E-state index in [1.54, 1.807) is 5.38 Å². The number of amides is 3. The van der Waals surface area contributed by atoms with Crippen LogP contribution in [0, 0.1) is 11.8 Å². The first-order chi connectivity index (χ1) is 11.0. The highest BCUT2D eigenvalue weighted by atomic mass is 32.1. The van der Waals surface area contributed by atoms with Crippen LogP contribution in [-0.2, 0) is 14.3 Å². The number of fused-ring (bicyclic) bond motifs is 5. The minimum absolute atomic E-state index is 0.169. The van der Waals surface area contributed by atoms with Crippen molar-refractivity contribution in [1.82, 2.24) is 10.4 Å². The van der Waals surface area contributed by atoms with Crippen LogP contribution in [0.3, 0.4) is 0 Å². The van der Waals surface area contributed by atoms with Crippen LogP contribution in [0.2, 0.25) is 0 Å². The van der Waals surface area contributed by atoms with Gasteiger partial charge in [0.2, 0.25) is 0 Å². The van der Waals surface area contributed by atoms with E-state index in [4.69, 9.17) is 4.74 Å². The van der Waals surface area contributed by atoms with Gasteiger partial charge in [-0.1, -0.05) is 13.8 Å². The van der Waals surface area contributed by atoms with Crippen LogP contribution in [0.25, 0.3) is 0 Å². The van der Waals surface area contributed by atoms with Crippen LogP contribution in [0.4, 0.5) is 0 Å². The Hall–Kier alpha value is -1.73. The molecule has 2 bridgehead atoms. The third kappa shape index (κ3) is 2.14. The molecule has 4 rings (SSSR count). The van der Waals surface area contributed by atoms with Gasteiger partial charge in [0.15, 0.2) is 0 Å². The molecule has 4 atom stereocenters. The van der Waals surface area contributed by atoms with Crippen molar-refractivity contribution in [3.05, 3.63) is 21.9 Å². The van der Waals surface area contributed by atoms with E-state index in [2.05, 4.69) is 19.3 Å². The summed E-state index contributed by atoms with van der Waals surface area (Å²) >= 11 is 1.50.